The van der Waals surface area contributed by atoms with Crippen LogP contribution in [0.3, 0.4) is 0 Å². The normalized spacial score (nSPS) is 11.5. The van der Waals surface area contributed by atoms with Gasteiger partial charge in [0, 0.05) is 13.0 Å². The van der Waals surface area contributed by atoms with Crippen LogP contribution >= 0.6 is 12.6 Å². The quantitative estimate of drug-likeness (QED) is 0.488. The van der Waals surface area contributed by atoms with Crippen LogP contribution in [0.25, 0.3) is 0 Å². The van der Waals surface area contributed by atoms with E-state index in [1.807, 2.05) is 0 Å². The summed E-state index contributed by atoms with van der Waals surface area (Å²) in [5.74, 6) is 0.746. The van der Waals surface area contributed by atoms with Gasteiger partial charge in [0.05, 0.1) is 0 Å². The Morgan fingerprint density at radius 2 is 2.00 bits per heavy atom. The average molecular weight is 231 g/mol. The lowest BCUT2D eigenvalue weighted by Gasteiger charge is -2.24. The fourth-order valence-electron chi connectivity index (χ4n) is 1.47. The van der Waals surface area contributed by atoms with E-state index in [0.29, 0.717) is 12.2 Å². The highest BCUT2D eigenvalue weighted by molar-refractivity contribution is 7.80. The molecule has 0 fully saturated rings. The van der Waals surface area contributed by atoms with E-state index >= 15 is 0 Å². The molecule has 1 amide bonds. The van der Waals surface area contributed by atoms with Crippen molar-refractivity contribution in [3.05, 3.63) is 0 Å². The van der Waals surface area contributed by atoms with Crippen LogP contribution in [-0.2, 0) is 4.79 Å². The van der Waals surface area contributed by atoms with Crippen molar-refractivity contribution in [3.63, 3.8) is 0 Å². The number of hydrogen-bond acceptors (Lipinski definition) is 2. The maximum atomic E-state index is 11.3. The summed E-state index contributed by atoms with van der Waals surface area (Å²) >= 11 is 4.03. The van der Waals surface area contributed by atoms with E-state index in [2.05, 4.69) is 38.7 Å². The summed E-state index contributed by atoms with van der Waals surface area (Å²) in [6.45, 7) is 7.41. The number of unbranched alkanes of at least 4 members (excludes halogenated alkanes) is 2. The summed E-state index contributed by atoms with van der Waals surface area (Å²) in [6.07, 6.45) is 5.50. The van der Waals surface area contributed by atoms with Gasteiger partial charge in [-0.05, 0) is 17.6 Å². The molecule has 0 bridgehead atoms. The molecule has 90 valence electrons. The summed E-state index contributed by atoms with van der Waals surface area (Å²) in [4.78, 5) is 11.3. The van der Waals surface area contributed by atoms with E-state index in [1.165, 1.54) is 25.7 Å². The first-order valence-electron chi connectivity index (χ1n) is 5.89. The molecule has 0 heterocycles. The maximum absolute atomic E-state index is 11.3. The minimum absolute atomic E-state index is 0.119. The van der Waals surface area contributed by atoms with E-state index in [9.17, 15) is 4.79 Å². The molecule has 1 N–H and O–H groups in total. The van der Waals surface area contributed by atoms with Crippen molar-refractivity contribution in [2.24, 2.45) is 5.41 Å². The molecular formula is C12H25NOS. The van der Waals surface area contributed by atoms with Crippen LogP contribution in [0.15, 0.2) is 0 Å². The Labute approximate surface area is 99.6 Å². The molecule has 0 unspecified atom stereocenters. The number of hydrogen-bond donors (Lipinski definition) is 2. The number of nitrogens with one attached hydrogen (secondary N) is 1. The van der Waals surface area contributed by atoms with Gasteiger partial charge in [-0.15, -0.1) is 0 Å². The van der Waals surface area contributed by atoms with Crippen LogP contribution in [-0.4, -0.2) is 18.2 Å². The van der Waals surface area contributed by atoms with Crippen LogP contribution < -0.4 is 5.32 Å². The minimum Gasteiger partial charge on any atom is -0.356 e. The van der Waals surface area contributed by atoms with Gasteiger partial charge in [-0.2, -0.15) is 12.6 Å². The Morgan fingerprint density at radius 3 is 2.53 bits per heavy atom. The fraction of sp³-hybridized carbons (Fsp3) is 0.917. The number of amides is 1. The molecule has 0 aliphatic rings. The lowest BCUT2D eigenvalue weighted by atomic mass is 9.87. The summed E-state index contributed by atoms with van der Waals surface area (Å²) in [5, 5.41) is 2.96. The van der Waals surface area contributed by atoms with Gasteiger partial charge >= 0.3 is 0 Å². The molecule has 0 saturated heterocycles. The van der Waals surface area contributed by atoms with E-state index in [0.717, 1.165) is 6.54 Å². The maximum Gasteiger partial charge on any atom is 0.220 e. The van der Waals surface area contributed by atoms with Crippen molar-refractivity contribution >= 4 is 18.5 Å². The molecule has 0 aliphatic heterocycles. The lowest BCUT2D eigenvalue weighted by Crippen LogP contribution is -2.34. The van der Waals surface area contributed by atoms with Gasteiger partial charge in [-0.1, -0.05) is 40.0 Å². The molecule has 0 radical (unpaired) electrons. The second-order valence-electron chi connectivity index (χ2n) is 4.87. The van der Waals surface area contributed by atoms with Crippen LogP contribution in [0, 0.1) is 5.41 Å². The van der Waals surface area contributed by atoms with E-state index in [4.69, 9.17) is 0 Å². The first-order valence-corrected chi connectivity index (χ1v) is 6.52. The highest BCUT2D eigenvalue weighted by atomic mass is 32.1. The minimum atomic E-state index is 0.119. The topological polar surface area (TPSA) is 29.1 Å². The Morgan fingerprint density at radius 1 is 1.33 bits per heavy atom. The number of thiol groups is 1. The predicted octanol–water partition coefficient (Wildman–Crippen LogP) is 3.03. The molecule has 0 atom stereocenters. The number of carbonyl (C=O) groups is 1. The molecule has 0 aromatic rings. The van der Waals surface area contributed by atoms with E-state index in [-0.39, 0.29) is 11.3 Å². The molecule has 0 aromatic heterocycles. The van der Waals surface area contributed by atoms with Crippen molar-refractivity contribution in [2.75, 3.05) is 12.3 Å². The molecule has 0 saturated carbocycles. The predicted molar refractivity (Wildman–Crippen MR) is 69.4 cm³/mol. The summed E-state index contributed by atoms with van der Waals surface area (Å²) in [7, 11) is 0. The van der Waals surface area contributed by atoms with Gasteiger partial charge in [0.1, 0.15) is 0 Å². The van der Waals surface area contributed by atoms with Crippen molar-refractivity contribution in [2.45, 2.75) is 52.9 Å². The van der Waals surface area contributed by atoms with Crippen LogP contribution in [0.1, 0.15) is 52.9 Å². The Hall–Kier alpha value is -0.180. The van der Waals surface area contributed by atoms with E-state index in [1.54, 1.807) is 0 Å². The molecule has 3 heteroatoms. The molecule has 2 nitrogen and oxygen atoms in total. The molecule has 15 heavy (non-hydrogen) atoms. The monoisotopic (exact) mass is 231 g/mol. The van der Waals surface area contributed by atoms with Crippen molar-refractivity contribution in [1.82, 2.24) is 5.32 Å². The zero-order chi connectivity index (χ0) is 11.7. The standard InChI is InChI=1S/C12H25NOS/c1-4-5-6-8-12(2,3)10-13-11(14)7-9-15/h15H,4-10H2,1-3H3,(H,13,14). The molecule has 0 rings (SSSR count). The van der Waals surface area contributed by atoms with Gasteiger partial charge in [0.2, 0.25) is 5.91 Å². The van der Waals surface area contributed by atoms with Crippen LogP contribution in [0.2, 0.25) is 0 Å². The molecule has 0 spiro atoms. The summed E-state index contributed by atoms with van der Waals surface area (Å²) in [5.41, 5.74) is 0.224. The van der Waals surface area contributed by atoms with Crippen molar-refractivity contribution < 1.29 is 4.79 Å². The van der Waals surface area contributed by atoms with Gasteiger partial charge in [-0.25, -0.2) is 0 Å². The fourth-order valence-corrected chi connectivity index (χ4v) is 1.67. The average Bonchev–Trinajstić information content (AvgIpc) is 2.16. The van der Waals surface area contributed by atoms with Gasteiger partial charge in [-0.3, -0.25) is 4.79 Å². The third-order valence-corrected chi connectivity index (χ3v) is 2.78. The largest absolute Gasteiger partial charge is 0.356 e. The second kappa shape index (κ2) is 8.03. The van der Waals surface area contributed by atoms with Crippen molar-refractivity contribution in [1.29, 1.82) is 0 Å². The van der Waals surface area contributed by atoms with Gasteiger partial charge in [0.15, 0.2) is 0 Å². The van der Waals surface area contributed by atoms with Crippen LogP contribution in [0.4, 0.5) is 0 Å². The highest BCUT2D eigenvalue weighted by Crippen LogP contribution is 2.22. The molecule has 0 aromatic carbocycles. The third kappa shape index (κ3) is 8.79. The zero-order valence-electron chi connectivity index (χ0n) is 10.3. The SMILES string of the molecule is CCCCCC(C)(C)CNC(=O)CCS. The summed E-state index contributed by atoms with van der Waals surface area (Å²) in [6, 6.07) is 0. The zero-order valence-corrected chi connectivity index (χ0v) is 11.2. The molecule has 0 aliphatic carbocycles. The Balaban J connectivity index is 3.67. The Kier molecular flexibility index (Phi) is 7.93. The van der Waals surface area contributed by atoms with E-state index < -0.39 is 0 Å². The first-order chi connectivity index (χ1) is 7.02. The van der Waals surface area contributed by atoms with Crippen molar-refractivity contribution in [3.8, 4) is 0 Å². The number of carbonyl (C=O) groups excluding carboxylic acids is 1. The van der Waals surface area contributed by atoms with Gasteiger partial charge in [0.25, 0.3) is 0 Å². The second-order valence-corrected chi connectivity index (χ2v) is 5.32. The highest BCUT2D eigenvalue weighted by Gasteiger charge is 2.17. The molecular weight excluding hydrogens is 206 g/mol. The smallest absolute Gasteiger partial charge is 0.220 e. The third-order valence-electron chi connectivity index (χ3n) is 2.56. The van der Waals surface area contributed by atoms with Gasteiger partial charge < -0.3 is 5.32 Å². The first kappa shape index (κ1) is 14.8. The summed E-state index contributed by atoms with van der Waals surface area (Å²) < 4.78 is 0. The Bertz CT molecular complexity index is 180. The number of rotatable bonds is 8. The van der Waals surface area contributed by atoms with Crippen LogP contribution in [0.5, 0.6) is 0 Å². The lowest BCUT2D eigenvalue weighted by molar-refractivity contribution is -0.121.